The molecule has 0 radical (unpaired) electrons. The lowest BCUT2D eigenvalue weighted by Crippen LogP contribution is -2.27. The van der Waals surface area contributed by atoms with E-state index in [-0.39, 0.29) is 0 Å². The van der Waals surface area contributed by atoms with Crippen molar-refractivity contribution in [2.45, 2.75) is 25.4 Å². The van der Waals surface area contributed by atoms with Crippen LogP contribution in [0.25, 0.3) is 0 Å². The molecule has 0 bridgehead atoms. The summed E-state index contributed by atoms with van der Waals surface area (Å²) in [6.45, 7) is 6.82. The molecule has 1 N–H and O–H groups in total. The second kappa shape index (κ2) is 4.94. The number of nitrogens with zero attached hydrogens (tertiary/aromatic N) is 1. The largest absolute Gasteiger partial charge is 0.376 e. The zero-order chi connectivity index (χ0) is 8.93. The van der Waals surface area contributed by atoms with Crippen LogP contribution in [-0.4, -0.2) is 50.3 Å². The van der Waals surface area contributed by atoms with Gasteiger partial charge >= 0.3 is 0 Å². The third-order valence-electron chi connectivity index (χ3n) is 2.97. The molecule has 0 unspecified atom stereocenters. The van der Waals surface area contributed by atoms with Gasteiger partial charge in [0.1, 0.15) is 0 Å². The predicted molar refractivity (Wildman–Crippen MR) is 52.9 cm³/mol. The Labute approximate surface area is 80.4 Å². The molecule has 2 aliphatic heterocycles. The molecule has 13 heavy (non-hydrogen) atoms. The number of hydrogen-bond donors (Lipinski definition) is 1. The molecule has 0 aliphatic carbocycles. The quantitative estimate of drug-likeness (QED) is 0.687. The highest BCUT2D eigenvalue weighted by molar-refractivity contribution is 4.71. The number of likely N-dealkylation sites (tertiary alicyclic amines) is 1. The van der Waals surface area contributed by atoms with Crippen molar-refractivity contribution in [3.8, 4) is 0 Å². The molecular formula is C10H20N2O. The van der Waals surface area contributed by atoms with Crippen molar-refractivity contribution in [1.29, 1.82) is 0 Å². The lowest BCUT2D eigenvalue weighted by Gasteiger charge is -2.16. The summed E-state index contributed by atoms with van der Waals surface area (Å²) < 4.78 is 5.76. The lowest BCUT2D eigenvalue weighted by molar-refractivity contribution is 0.0532. The zero-order valence-corrected chi connectivity index (χ0v) is 8.30. The number of hydrogen-bond acceptors (Lipinski definition) is 3. The monoisotopic (exact) mass is 184 g/mol. The van der Waals surface area contributed by atoms with Gasteiger partial charge < -0.3 is 15.0 Å². The second-order valence-corrected chi connectivity index (χ2v) is 4.03. The zero-order valence-electron chi connectivity index (χ0n) is 8.30. The minimum absolute atomic E-state index is 0.489. The van der Waals surface area contributed by atoms with Gasteiger partial charge in [-0.15, -0.1) is 0 Å². The van der Waals surface area contributed by atoms with E-state index in [4.69, 9.17) is 4.74 Å². The molecule has 2 aliphatic rings. The molecule has 76 valence electrons. The molecule has 3 heteroatoms. The number of ether oxygens (including phenoxy) is 1. The Morgan fingerprint density at radius 1 is 1.31 bits per heavy atom. The van der Waals surface area contributed by atoms with E-state index in [1.165, 1.54) is 32.4 Å². The Balaban J connectivity index is 1.52. The van der Waals surface area contributed by atoms with Gasteiger partial charge in [0, 0.05) is 13.1 Å². The first-order valence-electron chi connectivity index (χ1n) is 5.50. The molecule has 0 saturated carbocycles. The molecule has 0 spiro atoms. The van der Waals surface area contributed by atoms with Crippen LogP contribution in [0.4, 0.5) is 0 Å². The van der Waals surface area contributed by atoms with Gasteiger partial charge in [0.25, 0.3) is 0 Å². The summed E-state index contributed by atoms with van der Waals surface area (Å²) >= 11 is 0. The smallest absolute Gasteiger partial charge is 0.0712 e. The van der Waals surface area contributed by atoms with Gasteiger partial charge in [0.05, 0.1) is 12.7 Å². The average Bonchev–Trinajstić information content (AvgIpc) is 2.75. The minimum Gasteiger partial charge on any atom is -0.376 e. The van der Waals surface area contributed by atoms with E-state index >= 15 is 0 Å². The van der Waals surface area contributed by atoms with Gasteiger partial charge in [0.2, 0.25) is 0 Å². The summed E-state index contributed by atoms with van der Waals surface area (Å²) in [6, 6.07) is 0. The van der Waals surface area contributed by atoms with Gasteiger partial charge in [-0.25, -0.2) is 0 Å². The van der Waals surface area contributed by atoms with Crippen LogP contribution < -0.4 is 5.32 Å². The normalized spacial score (nSPS) is 30.0. The Morgan fingerprint density at radius 2 is 2.15 bits per heavy atom. The molecule has 0 amide bonds. The van der Waals surface area contributed by atoms with E-state index in [2.05, 4.69) is 10.2 Å². The molecule has 0 aromatic carbocycles. The fourth-order valence-electron chi connectivity index (χ4n) is 2.13. The van der Waals surface area contributed by atoms with Crippen molar-refractivity contribution in [2.24, 2.45) is 0 Å². The maximum Gasteiger partial charge on any atom is 0.0712 e. The fraction of sp³-hybridized carbons (Fsp3) is 1.00. The van der Waals surface area contributed by atoms with E-state index in [1.54, 1.807) is 0 Å². The first kappa shape index (κ1) is 9.44. The second-order valence-electron chi connectivity index (χ2n) is 4.03. The first-order valence-corrected chi connectivity index (χ1v) is 5.50. The van der Waals surface area contributed by atoms with Gasteiger partial charge in [-0.3, -0.25) is 0 Å². The summed E-state index contributed by atoms with van der Waals surface area (Å²) in [7, 11) is 0. The van der Waals surface area contributed by atoms with Crippen LogP contribution in [0, 0.1) is 0 Å². The van der Waals surface area contributed by atoms with Crippen LogP contribution in [0.15, 0.2) is 0 Å². The Kier molecular flexibility index (Phi) is 3.58. The van der Waals surface area contributed by atoms with Crippen molar-refractivity contribution in [1.82, 2.24) is 10.2 Å². The maximum absolute atomic E-state index is 5.76. The van der Waals surface area contributed by atoms with Gasteiger partial charge in [-0.2, -0.15) is 0 Å². The number of rotatable bonds is 4. The summed E-state index contributed by atoms with van der Waals surface area (Å²) in [5, 5.41) is 3.31. The van der Waals surface area contributed by atoms with Crippen molar-refractivity contribution in [3.05, 3.63) is 0 Å². The Hall–Kier alpha value is -0.120. The highest BCUT2D eigenvalue weighted by atomic mass is 16.5. The van der Waals surface area contributed by atoms with Crippen LogP contribution >= 0.6 is 0 Å². The van der Waals surface area contributed by atoms with Crippen molar-refractivity contribution in [2.75, 3.05) is 39.3 Å². The van der Waals surface area contributed by atoms with Crippen LogP contribution in [0.1, 0.15) is 19.3 Å². The third kappa shape index (κ3) is 2.93. The molecule has 2 saturated heterocycles. The van der Waals surface area contributed by atoms with Crippen molar-refractivity contribution >= 4 is 0 Å². The molecule has 0 aromatic heterocycles. The molecule has 3 nitrogen and oxygen atoms in total. The molecule has 2 heterocycles. The van der Waals surface area contributed by atoms with Crippen LogP contribution in [0.3, 0.4) is 0 Å². The molecular weight excluding hydrogens is 164 g/mol. The molecule has 2 rings (SSSR count). The average molecular weight is 184 g/mol. The third-order valence-corrected chi connectivity index (χ3v) is 2.97. The SMILES string of the molecule is C1CCN(CCO[C@@H]2CCNC2)C1. The summed E-state index contributed by atoms with van der Waals surface area (Å²) in [4.78, 5) is 2.50. The molecule has 2 fully saturated rings. The molecule has 0 aromatic rings. The van der Waals surface area contributed by atoms with E-state index in [1.807, 2.05) is 0 Å². The van der Waals surface area contributed by atoms with E-state index in [0.717, 1.165) is 26.2 Å². The topological polar surface area (TPSA) is 24.5 Å². The first-order chi connectivity index (χ1) is 6.45. The highest BCUT2D eigenvalue weighted by Crippen LogP contribution is 2.07. The summed E-state index contributed by atoms with van der Waals surface area (Å²) in [6.07, 6.45) is 4.44. The van der Waals surface area contributed by atoms with E-state index < -0.39 is 0 Å². The summed E-state index contributed by atoms with van der Waals surface area (Å²) in [5.41, 5.74) is 0. The van der Waals surface area contributed by atoms with Crippen molar-refractivity contribution < 1.29 is 4.74 Å². The lowest BCUT2D eigenvalue weighted by atomic mass is 10.3. The predicted octanol–water partition coefficient (Wildman–Crippen LogP) is 0.461. The Bertz CT molecular complexity index is 124. The van der Waals surface area contributed by atoms with Gasteiger partial charge in [0.15, 0.2) is 0 Å². The van der Waals surface area contributed by atoms with Crippen molar-refractivity contribution in [3.63, 3.8) is 0 Å². The van der Waals surface area contributed by atoms with E-state index in [0.29, 0.717) is 6.10 Å². The summed E-state index contributed by atoms with van der Waals surface area (Å²) in [5.74, 6) is 0. The minimum atomic E-state index is 0.489. The van der Waals surface area contributed by atoms with Gasteiger partial charge in [-0.05, 0) is 38.9 Å². The fourth-order valence-corrected chi connectivity index (χ4v) is 2.13. The number of nitrogens with one attached hydrogen (secondary N) is 1. The van der Waals surface area contributed by atoms with E-state index in [9.17, 15) is 0 Å². The van der Waals surface area contributed by atoms with Crippen LogP contribution in [0.2, 0.25) is 0 Å². The van der Waals surface area contributed by atoms with Crippen LogP contribution in [0.5, 0.6) is 0 Å². The standard InChI is InChI=1S/C10H20N2O/c1-2-6-12(5-1)7-8-13-10-3-4-11-9-10/h10-11H,1-9H2/t10-/m1/s1. The Morgan fingerprint density at radius 3 is 2.85 bits per heavy atom. The highest BCUT2D eigenvalue weighted by Gasteiger charge is 2.15. The van der Waals surface area contributed by atoms with Crippen LogP contribution in [-0.2, 0) is 4.74 Å². The maximum atomic E-state index is 5.76. The molecule has 1 atom stereocenters. The van der Waals surface area contributed by atoms with Gasteiger partial charge in [-0.1, -0.05) is 0 Å².